The fourth-order valence-electron chi connectivity index (χ4n) is 5.07. The maximum absolute atomic E-state index is 13.0. The van der Waals surface area contributed by atoms with Gasteiger partial charge in [0.25, 0.3) is 0 Å². The first-order valence-corrected chi connectivity index (χ1v) is 16.0. The largest absolute Gasteiger partial charge is 0.474 e. The number of anilines is 4. The second kappa shape index (κ2) is 12.3. The quantitative estimate of drug-likeness (QED) is 0.393. The van der Waals surface area contributed by atoms with Gasteiger partial charge < -0.3 is 24.4 Å². The predicted octanol–water partition coefficient (Wildman–Crippen LogP) is 4.18. The van der Waals surface area contributed by atoms with Gasteiger partial charge in [0.05, 0.1) is 48.8 Å². The van der Waals surface area contributed by atoms with Gasteiger partial charge in [0, 0.05) is 31.1 Å². The Hall–Kier alpha value is -3.97. The van der Waals surface area contributed by atoms with E-state index < -0.39 is 21.5 Å². The van der Waals surface area contributed by atoms with Crippen molar-refractivity contribution in [1.82, 2.24) is 15.0 Å². The van der Waals surface area contributed by atoms with E-state index in [2.05, 4.69) is 20.2 Å². The summed E-state index contributed by atoms with van der Waals surface area (Å²) in [5.74, 6) is 0.815. The number of nitrogens with zero attached hydrogens (tertiary/aromatic N) is 5. The van der Waals surface area contributed by atoms with Crippen LogP contribution in [0.5, 0.6) is 5.88 Å². The smallest absolute Gasteiger partial charge is 0.415 e. The third kappa shape index (κ3) is 7.34. The highest BCUT2D eigenvalue weighted by Gasteiger charge is 2.32. The molecule has 0 saturated heterocycles. The third-order valence-corrected chi connectivity index (χ3v) is 8.73. The molecule has 230 valence electrons. The first-order chi connectivity index (χ1) is 20.4. The molecule has 2 aromatic heterocycles. The SMILES string of the molecule is COCCS(=O)(=O)Cc1ccc(Nc2ncc3c(n2)CN(c2cnc4c(c2C)N(C(=O)OC(C)(C)C)CCO4)CC3)cc1. The molecule has 0 radical (unpaired) electrons. The van der Waals surface area contributed by atoms with Gasteiger partial charge in [0.15, 0.2) is 9.84 Å². The lowest BCUT2D eigenvalue weighted by Gasteiger charge is -2.35. The molecular formula is C30H38N6O6S. The highest BCUT2D eigenvalue weighted by molar-refractivity contribution is 7.90. The van der Waals surface area contributed by atoms with Gasteiger partial charge in [0.1, 0.15) is 17.9 Å². The molecule has 0 aliphatic carbocycles. The van der Waals surface area contributed by atoms with E-state index in [1.807, 2.05) is 46.0 Å². The van der Waals surface area contributed by atoms with Crippen molar-refractivity contribution in [3.63, 3.8) is 0 Å². The zero-order valence-electron chi connectivity index (χ0n) is 25.2. The van der Waals surface area contributed by atoms with Gasteiger partial charge in [-0.15, -0.1) is 0 Å². The average molecular weight is 611 g/mol. The number of methoxy groups -OCH3 is 1. The molecule has 0 spiro atoms. The molecule has 2 aliphatic rings. The van der Waals surface area contributed by atoms with Gasteiger partial charge in [0.2, 0.25) is 11.8 Å². The summed E-state index contributed by atoms with van der Waals surface area (Å²) in [5.41, 5.74) is 5.20. The average Bonchev–Trinajstić information content (AvgIpc) is 2.96. The zero-order valence-corrected chi connectivity index (χ0v) is 26.0. The fourth-order valence-corrected chi connectivity index (χ4v) is 6.33. The lowest BCUT2D eigenvalue weighted by Crippen LogP contribution is -2.42. The molecule has 3 aromatic rings. The summed E-state index contributed by atoms with van der Waals surface area (Å²) in [7, 11) is -1.76. The topological polar surface area (TPSA) is 136 Å². The number of aromatic nitrogens is 3. The van der Waals surface area contributed by atoms with Gasteiger partial charge in [-0.05, 0) is 57.4 Å². The highest BCUT2D eigenvalue weighted by atomic mass is 32.2. The zero-order chi connectivity index (χ0) is 30.8. The molecular weight excluding hydrogens is 572 g/mol. The number of carbonyl (C=O) groups excluding carboxylic acids is 1. The predicted molar refractivity (Wildman–Crippen MR) is 164 cm³/mol. The minimum Gasteiger partial charge on any atom is -0.474 e. The van der Waals surface area contributed by atoms with Crippen LogP contribution >= 0.6 is 0 Å². The van der Waals surface area contributed by atoms with Crippen LogP contribution < -0.4 is 19.9 Å². The van der Waals surface area contributed by atoms with E-state index in [0.29, 0.717) is 42.8 Å². The van der Waals surface area contributed by atoms with Crippen LogP contribution in [0.25, 0.3) is 0 Å². The van der Waals surface area contributed by atoms with Gasteiger partial charge in [-0.3, -0.25) is 4.90 Å². The number of benzene rings is 1. The maximum Gasteiger partial charge on any atom is 0.415 e. The number of hydrogen-bond donors (Lipinski definition) is 1. The van der Waals surface area contributed by atoms with Crippen molar-refractivity contribution >= 4 is 38.9 Å². The lowest BCUT2D eigenvalue weighted by atomic mass is 10.0. The van der Waals surface area contributed by atoms with Crippen LogP contribution in [0.4, 0.5) is 27.8 Å². The highest BCUT2D eigenvalue weighted by Crippen LogP contribution is 2.39. The number of sulfone groups is 1. The van der Waals surface area contributed by atoms with Crippen LogP contribution in [0, 0.1) is 6.92 Å². The summed E-state index contributed by atoms with van der Waals surface area (Å²) < 4.78 is 40.8. The number of ether oxygens (including phenoxy) is 3. The molecule has 0 unspecified atom stereocenters. The molecule has 1 N–H and O–H groups in total. The summed E-state index contributed by atoms with van der Waals surface area (Å²) in [6.45, 7) is 9.69. The first-order valence-electron chi connectivity index (χ1n) is 14.2. The monoisotopic (exact) mass is 610 g/mol. The molecule has 0 saturated carbocycles. The van der Waals surface area contributed by atoms with Crippen molar-refractivity contribution < 1.29 is 27.4 Å². The molecule has 43 heavy (non-hydrogen) atoms. The number of hydrogen-bond acceptors (Lipinski definition) is 11. The summed E-state index contributed by atoms with van der Waals surface area (Å²) in [5, 5.41) is 3.22. The summed E-state index contributed by atoms with van der Waals surface area (Å²) in [6, 6.07) is 7.19. The van der Waals surface area contributed by atoms with Crippen LogP contribution in [0.1, 0.15) is 43.2 Å². The summed E-state index contributed by atoms with van der Waals surface area (Å²) >= 11 is 0. The van der Waals surface area contributed by atoms with Crippen molar-refractivity contribution in [2.45, 2.75) is 52.0 Å². The van der Waals surface area contributed by atoms with Crippen molar-refractivity contribution in [2.24, 2.45) is 0 Å². The van der Waals surface area contributed by atoms with Crippen LogP contribution in [-0.2, 0) is 38.0 Å². The lowest BCUT2D eigenvalue weighted by molar-refractivity contribution is 0.0566. The Kier molecular flexibility index (Phi) is 8.74. The van der Waals surface area contributed by atoms with Crippen molar-refractivity contribution in [1.29, 1.82) is 0 Å². The van der Waals surface area contributed by atoms with Crippen LogP contribution in [-0.4, -0.2) is 74.2 Å². The van der Waals surface area contributed by atoms with E-state index in [0.717, 1.165) is 41.2 Å². The molecule has 1 aromatic carbocycles. The van der Waals surface area contributed by atoms with E-state index in [1.165, 1.54) is 7.11 Å². The van der Waals surface area contributed by atoms with E-state index in [4.69, 9.17) is 19.2 Å². The van der Waals surface area contributed by atoms with Crippen LogP contribution in [0.2, 0.25) is 0 Å². The van der Waals surface area contributed by atoms with Crippen LogP contribution in [0.3, 0.4) is 0 Å². The Morgan fingerprint density at radius 2 is 1.88 bits per heavy atom. The fraction of sp³-hybridized carbons (Fsp3) is 0.467. The number of nitrogens with one attached hydrogen (secondary N) is 1. The Morgan fingerprint density at radius 1 is 1.12 bits per heavy atom. The summed E-state index contributed by atoms with van der Waals surface area (Å²) in [6.07, 6.45) is 3.96. The normalized spacial score (nSPS) is 14.9. The van der Waals surface area contributed by atoms with E-state index in [1.54, 1.807) is 23.2 Å². The second-order valence-corrected chi connectivity index (χ2v) is 13.8. The van der Waals surface area contributed by atoms with Gasteiger partial charge in [-0.2, -0.15) is 0 Å². The molecule has 4 heterocycles. The number of pyridine rings is 1. The molecule has 1 amide bonds. The number of fused-ring (bicyclic) bond motifs is 2. The Balaban J connectivity index is 1.31. The van der Waals surface area contributed by atoms with Gasteiger partial charge >= 0.3 is 6.09 Å². The standard InChI is InChI=1S/C30H38N6O6S/c1-20-25(17-31-27-26(20)36(12-13-41-27)29(37)42-30(2,3)4)35-11-10-22-16-32-28(34-24(22)18-35)33-23-8-6-21(7-9-23)19-43(38,39)15-14-40-5/h6-9,16-17H,10-15,18-19H2,1-5H3,(H,32,33,34). The Labute approximate surface area is 252 Å². The molecule has 13 heteroatoms. The summed E-state index contributed by atoms with van der Waals surface area (Å²) in [4.78, 5) is 30.7. The maximum atomic E-state index is 13.0. The minimum absolute atomic E-state index is 0.0136. The number of amides is 1. The number of carbonyl (C=O) groups is 1. The minimum atomic E-state index is -3.24. The molecule has 2 aliphatic heterocycles. The first kappa shape index (κ1) is 30.5. The third-order valence-electron chi connectivity index (χ3n) is 7.17. The van der Waals surface area contributed by atoms with Gasteiger partial charge in [-0.1, -0.05) is 12.1 Å². The van der Waals surface area contributed by atoms with E-state index in [-0.39, 0.29) is 18.1 Å². The molecule has 0 fully saturated rings. The van der Waals surface area contributed by atoms with Crippen LogP contribution in [0.15, 0.2) is 36.7 Å². The Morgan fingerprint density at radius 3 is 2.60 bits per heavy atom. The second-order valence-electron chi connectivity index (χ2n) is 11.6. The molecule has 0 bridgehead atoms. The molecule has 12 nitrogen and oxygen atoms in total. The van der Waals surface area contributed by atoms with Crippen molar-refractivity contribution in [3.8, 4) is 5.88 Å². The van der Waals surface area contributed by atoms with E-state index in [9.17, 15) is 13.2 Å². The number of rotatable bonds is 8. The van der Waals surface area contributed by atoms with Crippen molar-refractivity contribution in [3.05, 3.63) is 59.0 Å². The van der Waals surface area contributed by atoms with E-state index >= 15 is 0 Å². The molecule has 5 rings (SSSR count). The molecule has 0 atom stereocenters. The Bertz CT molecular complexity index is 1590. The van der Waals surface area contributed by atoms with Gasteiger partial charge in [-0.25, -0.2) is 28.2 Å². The van der Waals surface area contributed by atoms with Crippen molar-refractivity contribution in [2.75, 3.05) is 54.3 Å².